The standard InChI is InChI=1S/C38H50N6O6/c1-7-42-21-28(20-39-42)32(46)23-44-34(48)38(4,41(6)36(44)50)30-16-10-13-26(19-30)25-12-9-15-29(18-25)37(3)33(47)43(35(49)40(37)5)22-31(45)27-14-8-11-24(2)17-27/h8,11,14,17,20-21,25-26,29-30H,7,9-10,12-13,15-16,18-19,22-23H2,1-6H3. The molecule has 1 aromatic heterocycles. The van der Waals surface area contributed by atoms with Crippen molar-refractivity contribution in [3.8, 4) is 0 Å². The van der Waals surface area contributed by atoms with E-state index in [0.29, 0.717) is 29.5 Å². The van der Waals surface area contributed by atoms with Crippen molar-refractivity contribution in [2.45, 2.75) is 96.7 Å². The Kier molecular flexibility index (Phi) is 9.51. The van der Waals surface area contributed by atoms with Crippen LogP contribution >= 0.6 is 0 Å². The lowest BCUT2D eigenvalue weighted by Crippen LogP contribution is -2.54. The summed E-state index contributed by atoms with van der Waals surface area (Å²) >= 11 is 0. The summed E-state index contributed by atoms with van der Waals surface area (Å²) in [7, 11) is 3.33. The molecule has 0 radical (unpaired) electrons. The Morgan fingerprint density at radius 3 is 1.74 bits per heavy atom. The zero-order chi connectivity index (χ0) is 36.1. The Labute approximate surface area is 294 Å². The van der Waals surface area contributed by atoms with E-state index in [-0.39, 0.29) is 48.3 Å². The molecule has 0 bridgehead atoms. The molecular formula is C38H50N6O6. The number of ketones is 2. The first-order valence-electron chi connectivity index (χ1n) is 18.1. The molecule has 3 heterocycles. The number of hydrogen-bond donors (Lipinski definition) is 0. The van der Waals surface area contributed by atoms with Crippen molar-refractivity contribution in [2.75, 3.05) is 27.2 Å². The van der Waals surface area contributed by atoms with E-state index in [1.165, 1.54) is 16.0 Å². The molecule has 2 saturated heterocycles. The second kappa shape index (κ2) is 13.4. The first-order chi connectivity index (χ1) is 23.7. The molecule has 2 aliphatic carbocycles. The highest BCUT2D eigenvalue weighted by Gasteiger charge is 2.60. The number of benzene rings is 1. The minimum Gasteiger partial charge on any atom is -0.313 e. The Morgan fingerprint density at radius 1 is 0.780 bits per heavy atom. The van der Waals surface area contributed by atoms with Crippen molar-refractivity contribution >= 4 is 35.4 Å². The van der Waals surface area contributed by atoms with Gasteiger partial charge in [-0.25, -0.2) is 9.59 Å². The van der Waals surface area contributed by atoms with E-state index in [1.54, 1.807) is 43.2 Å². The smallest absolute Gasteiger partial charge is 0.313 e. The van der Waals surface area contributed by atoms with Gasteiger partial charge in [-0.1, -0.05) is 49.4 Å². The lowest BCUT2D eigenvalue weighted by Gasteiger charge is -2.46. The highest BCUT2D eigenvalue weighted by atomic mass is 16.2. The highest BCUT2D eigenvalue weighted by Crippen LogP contribution is 2.50. The van der Waals surface area contributed by atoms with Gasteiger partial charge in [0.15, 0.2) is 11.6 Å². The van der Waals surface area contributed by atoms with Crippen LogP contribution in [-0.4, -0.2) is 103 Å². The maximum Gasteiger partial charge on any atom is 0.327 e. The maximum absolute atomic E-state index is 14.1. The molecule has 2 aromatic rings. The summed E-state index contributed by atoms with van der Waals surface area (Å²) in [5.74, 6) is -0.818. The quantitative estimate of drug-likeness (QED) is 0.248. The lowest BCUT2D eigenvalue weighted by molar-refractivity contribution is -0.137. The maximum atomic E-state index is 14.1. The topological polar surface area (TPSA) is 133 Å². The lowest BCUT2D eigenvalue weighted by atomic mass is 9.62. The molecule has 12 heteroatoms. The number of amides is 6. The highest BCUT2D eigenvalue weighted by molar-refractivity contribution is 6.12. The molecule has 50 heavy (non-hydrogen) atoms. The Bertz CT molecular complexity index is 1720. The largest absolute Gasteiger partial charge is 0.327 e. The van der Waals surface area contributed by atoms with Crippen molar-refractivity contribution in [1.29, 1.82) is 0 Å². The van der Waals surface area contributed by atoms with Gasteiger partial charge in [0, 0.05) is 32.4 Å². The fourth-order valence-electron chi connectivity index (χ4n) is 9.24. The van der Waals surface area contributed by atoms with Gasteiger partial charge in [-0.05, 0) is 83.1 Å². The van der Waals surface area contributed by atoms with Gasteiger partial charge in [-0.15, -0.1) is 0 Å². The van der Waals surface area contributed by atoms with Crippen molar-refractivity contribution in [1.82, 2.24) is 29.4 Å². The van der Waals surface area contributed by atoms with E-state index in [1.807, 2.05) is 33.8 Å². The minimum absolute atomic E-state index is 0.0753. The molecule has 2 aliphatic heterocycles. The summed E-state index contributed by atoms with van der Waals surface area (Å²) in [4.78, 5) is 86.5. The summed E-state index contributed by atoms with van der Waals surface area (Å²) in [5.41, 5.74) is -0.342. The van der Waals surface area contributed by atoms with Crippen molar-refractivity contribution in [3.05, 3.63) is 53.3 Å². The molecule has 0 spiro atoms. The van der Waals surface area contributed by atoms with Crippen LogP contribution in [0.4, 0.5) is 9.59 Å². The number of imide groups is 2. The molecule has 6 atom stereocenters. The van der Waals surface area contributed by atoms with Crippen molar-refractivity contribution in [3.63, 3.8) is 0 Å². The van der Waals surface area contributed by atoms with Crippen LogP contribution in [0.1, 0.15) is 98.4 Å². The number of hydrogen-bond acceptors (Lipinski definition) is 7. The third-order valence-corrected chi connectivity index (χ3v) is 12.7. The van der Waals surface area contributed by atoms with Crippen LogP contribution in [0.15, 0.2) is 36.7 Å². The van der Waals surface area contributed by atoms with E-state index in [2.05, 4.69) is 5.10 Å². The second-order valence-electron chi connectivity index (χ2n) is 15.3. The monoisotopic (exact) mass is 686 g/mol. The van der Waals surface area contributed by atoms with Gasteiger partial charge in [0.2, 0.25) is 0 Å². The zero-order valence-electron chi connectivity index (χ0n) is 30.2. The number of Topliss-reactive ketones (excluding diaryl/α,β-unsaturated/α-hetero) is 2. The van der Waals surface area contributed by atoms with E-state index < -0.39 is 23.1 Å². The first-order valence-corrected chi connectivity index (χ1v) is 18.1. The van der Waals surface area contributed by atoms with Crippen LogP contribution < -0.4 is 0 Å². The molecule has 6 amide bonds. The van der Waals surface area contributed by atoms with Crippen LogP contribution in [0.25, 0.3) is 0 Å². The third-order valence-electron chi connectivity index (χ3n) is 12.7. The number of carbonyl (C=O) groups is 6. The van der Waals surface area contributed by atoms with Gasteiger partial charge in [0.05, 0.1) is 24.8 Å². The minimum atomic E-state index is -1.07. The average Bonchev–Trinajstić information content (AvgIpc) is 3.73. The molecule has 4 aliphatic rings. The van der Waals surface area contributed by atoms with Crippen LogP contribution in [0.3, 0.4) is 0 Å². The molecule has 4 fully saturated rings. The summed E-state index contributed by atoms with van der Waals surface area (Å²) < 4.78 is 1.64. The predicted molar refractivity (Wildman–Crippen MR) is 185 cm³/mol. The number of aromatic nitrogens is 2. The van der Waals surface area contributed by atoms with Gasteiger partial charge >= 0.3 is 12.1 Å². The molecule has 12 nitrogen and oxygen atoms in total. The summed E-state index contributed by atoms with van der Waals surface area (Å²) in [6.07, 6.45) is 10.1. The normalized spacial score (nSPS) is 30.5. The van der Waals surface area contributed by atoms with E-state index in [4.69, 9.17) is 0 Å². The Hall–Kier alpha value is -4.35. The van der Waals surface area contributed by atoms with E-state index >= 15 is 0 Å². The molecule has 6 unspecified atom stereocenters. The fourth-order valence-corrected chi connectivity index (χ4v) is 9.24. The summed E-state index contributed by atoms with van der Waals surface area (Å²) in [6, 6.07) is 6.27. The van der Waals surface area contributed by atoms with E-state index in [9.17, 15) is 28.8 Å². The number of rotatable bonds is 10. The number of nitrogens with zero attached hydrogens (tertiary/aromatic N) is 6. The first kappa shape index (κ1) is 35.5. The van der Waals surface area contributed by atoms with Crippen molar-refractivity contribution < 1.29 is 28.8 Å². The molecule has 0 N–H and O–H groups in total. The fraction of sp³-hybridized carbons (Fsp3) is 0.605. The van der Waals surface area contributed by atoms with Crippen LogP contribution in [0.5, 0.6) is 0 Å². The Morgan fingerprint density at radius 2 is 1.28 bits per heavy atom. The van der Waals surface area contributed by atoms with E-state index in [0.717, 1.165) is 66.7 Å². The predicted octanol–water partition coefficient (Wildman–Crippen LogP) is 5.20. The van der Waals surface area contributed by atoms with Gasteiger partial charge in [-0.3, -0.25) is 33.7 Å². The third kappa shape index (κ3) is 5.84. The SMILES string of the molecule is CCn1cc(C(=O)CN2C(=O)N(C)C(C)(C3CCCC(C4CCCC(C5(C)C(=O)N(CC(=O)c6cccc(C)c6)C(=O)N5C)C4)C3)C2=O)cn1. The van der Waals surface area contributed by atoms with Gasteiger partial charge in [0.25, 0.3) is 11.8 Å². The van der Waals surface area contributed by atoms with Crippen LogP contribution in [0, 0.1) is 30.6 Å². The number of carbonyl (C=O) groups excluding carboxylic acids is 6. The zero-order valence-corrected chi connectivity index (χ0v) is 30.2. The number of likely N-dealkylation sites (N-methyl/N-ethyl adjacent to an activating group) is 2. The molecule has 268 valence electrons. The Balaban J connectivity index is 1.14. The number of urea groups is 2. The van der Waals surface area contributed by atoms with Gasteiger partial charge in [0.1, 0.15) is 11.1 Å². The molecule has 2 saturated carbocycles. The van der Waals surface area contributed by atoms with Crippen molar-refractivity contribution in [2.24, 2.45) is 23.7 Å². The average molecular weight is 687 g/mol. The van der Waals surface area contributed by atoms with Crippen LogP contribution in [0.2, 0.25) is 0 Å². The summed E-state index contributed by atoms with van der Waals surface area (Å²) in [5, 5.41) is 4.16. The molecular weight excluding hydrogens is 636 g/mol. The number of aryl methyl sites for hydroxylation is 2. The molecule has 6 rings (SSSR count). The summed E-state index contributed by atoms with van der Waals surface area (Å²) in [6.45, 7) is 7.51. The van der Waals surface area contributed by atoms with Gasteiger partial charge in [-0.2, -0.15) is 5.10 Å². The van der Waals surface area contributed by atoms with Crippen LogP contribution in [-0.2, 0) is 16.1 Å². The van der Waals surface area contributed by atoms with Gasteiger partial charge < -0.3 is 9.80 Å². The molecule has 1 aromatic carbocycles. The second-order valence-corrected chi connectivity index (χ2v) is 15.3.